The molecule has 0 saturated heterocycles. The first-order valence-corrected chi connectivity index (χ1v) is 5.48. The smallest absolute Gasteiger partial charge is 0.444 e. The van der Waals surface area contributed by atoms with E-state index in [9.17, 15) is 23.1 Å². The molecule has 0 bridgehead atoms. The Morgan fingerprint density at radius 3 is 2.53 bits per heavy atom. The molecule has 4 N–H and O–H groups in total. The molecule has 6 nitrogen and oxygen atoms in total. The van der Waals surface area contributed by atoms with Crippen LogP contribution in [-0.2, 0) is 9.53 Å². The third-order valence-electron chi connectivity index (χ3n) is 1.74. The summed E-state index contributed by atoms with van der Waals surface area (Å²) in [5, 5.41) is 11.5. The minimum Gasteiger partial charge on any atom is -0.463 e. The van der Waals surface area contributed by atoms with Crippen LogP contribution in [-0.4, -0.2) is 41.2 Å². The van der Waals surface area contributed by atoms with E-state index in [1.807, 2.05) is 5.43 Å². The first-order chi connectivity index (χ1) is 8.69. The Labute approximate surface area is 113 Å². The number of hydrogen-bond acceptors (Lipinski definition) is 5. The molecule has 0 aliphatic heterocycles. The average Bonchev–Trinajstić information content (AvgIpc) is 2.32. The number of aliphatic hydroxyl groups is 1. The topological polar surface area (TPSA) is 82.6 Å². The molecular weight excluding hydrogens is 287 g/mol. The fourth-order valence-electron chi connectivity index (χ4n) is 0.829. The summed E-state index contributed by atoms with van der Waals surface area (Å²) in [7, 11) is 0. The second-order valence-corrected chi connectivity index (χ2v) is 3.59. The highest BCUT2D eigenvalue weighted by Crippen LogP contribution is 2.28. The summed E-state index contributed by atoms with van der Waals surface area (Å²) in [5.41, 5.74) is -0.647. The summed E-state index contributed by atoms with van der Waals surface area (Å²) in [6, 6.07) is 0. The van der Waals surface area contributed by atoms with Gasteiger partial charge in [0.25, 0.3) is 0 Å². The number of rotatable bonds is 6. The predicted octanol–water partition coefficient (Wildman–Crippen LogP) is -0.0449. The molecule has 110 valence electrons. The Hall–Kier alpha value is -1.39. The predicted molar refractivity (Wildman–Crippen MR) is 64.7 cm³/mol. The lowest BCUT2D eigenvalue weighted by Crippen LogP contribution is -2.68. The lowest BCUT2D eigenvalue weighted by atomic mass is 10.2. The van der Waals surface area contributed by atoms with E-state index < -0.39 is 17.9 Å². The number of nitrogens with one attached hydrogen (secondary N) is 3. The summed E-state index contributed by atoms with van der Waals surface area (Å²) in [4.78, 5) is 11.2. The van der Waals surface area contributed by atoms with Crippen molar-refractivity contribution in [1.29, 1.82) is 0 Å². The molecule has 0 aromatic rings. The molecule has 0 aromatic heterocycles. The quantitative estimate of drug-likeness (QED) is 0.180. The minimum absolute atomic E-state index is 0.192. The summed E-state index contributed by atoms with van der Waals surface area (Å²) in [6.07, 6.45) is -3.88. The molecule has 0 rings (SSSR count). The summed E-state index contributed by atoms with van der Waals surface area (Å²) in [5.74, 6) is -1.89. The van der Waals surface area contributed by atoms with Gasteiger partial charge in [0, 0.05) is 6.54 Å². The second kappa shape index (κ2) is 7.26. The third kappa shape index (κ3) is 5.01. The molecule has 10 heteroatoms. The van der Waals surface area contributed by atoms with Gasteiger partial charge < -0.3 is 15.2 Å². The summed E-state index contributed by atoms with van der Waals surface area (Å²) >= 11 is 4.60. The molecule has 0 aliphatic carbocycles. The van der Waals surface area contributed by atoms with Crippen LogP contribution in [0.4, 0.5) is 13.2 Å². The van der Waals surface area contributed by atoms with Crippen LogP contribution in [0.2, 0.25) is 0 Å². The van der Waals surface area contributed by atoms with Crippen molar-refractivity contribution in [3.63, 3.8) is 0 Å². The number of carbonyl (C=O) groups excluding carboxylic acids is 1. The number of esters is 1. The van der Waals surface area contributed by atoms with E-state index in [4.69, 9.17) is 0 Å². The average molecular weight is 301 g/mol. The Morgan fingerprint density at radius 2 is 2.11 bits per heavy atom. The SMILES string of the molecule is C=CCNC(=S)NN[C@](O)(C(=O)OCC)C(F)(F)F. The lowest BCUT2D eigenvalue weighted by Gasteiger charge is -2.29. The molecule has 0 saturated carbocycles. The number of thiocarbonyl (C=S) groups is 1. The summed E-state index contributed by atoms with van der Waals surface area (Å²) in [6.45, 7) is 4.53. The van der Waals surface area contributed by atoms with Gasteiger partial charge in [-0.25, -0.2) is 4.79 Å². The molecule has 19 heavy (non-hydrogen) atoms. The zero-order valence-electron chi connectivity index (χ0n) is 10.0. The zero-order valence-corrected chi connectivity index (χ0v) is 10.8. The van der Waals surface area contributed by atoms with Gasteiger partial charge in [-0.05, 0) is 19.1 Å². The zero-order chi connectivity index (χ0) is 15.1. The van der Waals surface area contributed by atoms with Crippen LogP contribution in [0.5, 0.6) is 0 Å². The normalized spacial score (nSPS) is 14.2. The van der Waals surface area contributed by atoms with E-state index in [-0.39, 0.29) is 18.3 Å². The molecule has 0 heterocycles. The molecule has 0 aromatic carbocycles. The molecule has 0 fully saturated rings. The van der Waals surface area contributed by atoms with Crippen LogP contribution in [0.3, 0.4) is 0 Å². The van der Waals surface area contributed by atoms with Crippen LogP contribution in [0.15, 0.2) is 12.7 Å². The number of carbonyl (C=O) groups is 1. The highest BCUT2D eigenvalue weighted by Gasteiger charge is 2.61. The van der Waals surface area contributed by atoms with Gasteiger partial charge in [-0.15, -0.1) is 6.58 Å². The van der Waals surface area contributed by atoms with Gasteiger partial charge in [0.15, 0.2) is 5.11 Å². The molecule has 0 aliphatic rings. The largest absolute Gasteiger partial charge is 0.463 e. The molecule has 0 unspecified atom stereocenters. The van der Waals surface area contributed by atoms with E-state index in [2.05, 4.69) is 28.9 Å². The number of hydrogen-bond donors (Lipinski definition) is 4. The Bertz CT molecular complexity index is 351. The van der Waals surface area contributed by atoms with E-state index in [0.717, 1.165) is 0 Å². The minimum atomic E-state index is -5.29. The van der Waals surface area contributed by atoms with Gasteiger partial charge in [0.1, 0.15) is 0 Å². The number of alkyl halides is 3. The second-order valence-electron chi connectivity index (χ2n) is 3.18. The van der Waals surface area contributed by atoms with Crippen molar-refractivity contribution in [2.24, 2.45) is 0 Å². The maximum Gasteiger partial charge on any atom is 0.444 e. The maximum absolute atomic E-state index is 12.6. The van der Waals surface area contributed by atoms with Gasteiger partial charge in [-0.2, -0.15) is 18.6 Å². The molecular formula is C9H14F3N3O3S. The molecule has 0 amide bonds. The fraction of sp³-hybridized carbons (Fsp3) is 0.556. The van der Waals surface area contributed by atoms with Crippen molar-refractivity contribution >= 4 is 23.3 Å². The van der Waals surface area contributed by atoms with E-state index >= 15 is 0 Å². The first-order valence-electron chi connectivity index (χ1n) is 5.07. The fourth-order valence-corrected chi connectivity index (χ4v) is 0.964. The van der Waals surface area contributed by atoms with Crippen LogP contribution in [0, 0.1) is 0 Å². The Morgan fingerprint density at radius 1 is 1.53 bits per heavy atom. The van der Waals surface area contributed by atoms with Gasteiger partial charge >= 0.3 is 17.9 Å². The van der Waals surface area contributed by atoms with Gasteiger partial charge in [0.05, 0.1) is 6.61 Å². The molecule has 0 radical (unpaired) electrons. The van der Waals surface area contributed by atoms with Gasteiger partial charge in [-0.1, -0.05) is 6.08 Å². The Kier molecular flexibility index (Phi) is 6.73. The Balaban J connectivity index is 4.75. The number of hydrazine groups is 1. The van der Waals surface area contributed by atoms with Crippen molar-refractivity contribution in [2.45, 2.75) is 18.8 Å². The van der Waals surface area contributed by atoms with Gasteiger partial charge in [0.2, 0.25) is 0 Å². The number of halogens is 3. The van der Waals surface area contributed by atoms with Crippen molar-refractivity contribution < 1.29 is 27.8 Å². The molecule has 1 atom stereocenters. The van der Waals surface area contributed by atoms with E-state index in [0.29, 0.717) is 0 Å². The highest BCUT2D eigenvalue weighted by molar-refractivity contribution is 7.80. The monoisotopic (exact) mass is 301 g/mol. The van der Waals surface area contributed by atoms with Gasteiger partial charge in [-0.3, -0.25) is 5.43 Å². The maximum atomic E-state index is 12.6. The van der Waals surface area contributed by atoms with Crippen LogP contribution in [0.25, 0.3) is 0 Å². The van der Waals surface area contributed by atoms with Crippen LogP contribution >= 0.6 is 12.2 Å². The third-order valence-corrected chi connectivity index (χ3v) is 1.99. The van der Waals surface area contributed by atoms with Crippen LogP contribution in [0.1, 0.15) is 6.92 Å². The van der Waals surface area contributed by atoms with Crippen LogP contribution < -0.4 is 16.2 Å². The van der Waals surface area contributed by atoms with Crippen molar-refractivity contribution in [3.8, 4) is 0 Å². The van der Waals surface area contributed by atoms with Crippen molar-refractivity contribution in [1.82, 2.24) is 16.2 Å². The highest BCUT2D eigenvalue weighted by atomic mass is 32.1. The molecule has 0 spiro atoms. The summed E-state index contributed by atoms with van der Waals surface area (Å²) < 4.78 is 42.1. The standard InChI is InChI=1S/C9H14F3N3O3S/c1-3-5-13-7(19)14-15-8(17,9(10,11)12)6(16)18-4-2/h3,15,17H,1,4-5H2,2H3,(H2,13,14,19)/t8-/m0/s1. The van der Waals surface area contributed by atoms with E-state index in [1.54, 1.807) is 0 Å². The number of ether oxygens (including phenoxy) is 1. The van der Waals surface area contributed by atoms with E-state index in [1.165, 1.54) is 18.4 Å². The first kappa shape index (κ1) is 17.6. The van der Waals surface area contributed by atoms with Crippen molar-refractivity contribution in [2.75, 3.05) is 13.2 Å². The lowest BCUT2D eigenvalue weighted by molar-refractivity contribution is -0.274. The van der Waals surface area contributed by atoms with Crippen molar-refractivity contribution in [3.05, 3.63) is 12.7 Å².